The molecule has 2 amide bonds. The van der Waals surface area contributed by atoms with Gasteiger partial charge in [-0.25, -0.2) is 9.59 Å². The lowest BCUT2D eigenvalue weighted by molar-refractivity contribution is -0.143. The number of benzene rings is 2. The van der Waals surface area contributed by atoms with Crippen LogP contribution in [0.25, 0.3) is 0 Å². The first-order valence-electron chi connectivity index (χ1n) is 11.0. The fourth-order valence-corrected chi connectivity index (χ4v) is 4.03. The van der Waals surface area contributed by atoms with Crippen LogP contribution in [0.4, 0.5) is 4.79 Å². The van der Waals surface area contributed by atoms with E-state index in [1.807, 2.05) is 18.2 Å². The average molecular weight is 491 g/mol. The molecule has 0 aliphatic carbocycles. The minimum absolute atomic E-state index is 0.199. The molecule has 2 aromatic rings. The first-order chi connectivity index (χ1) is 15.8. The zero-order valence-electron chi connectivity index (χ0n) is 18.9. The van der Waals surface area contributed by atoms with Crippen LogP contribution in [0.1, 0.15) is 57.2 Å². The van der Waals surface area contributed by atoms with Gasteiger partial charge in [-0.05, 0) is 44.9 Å². The third kappa shape index (κ3) is 6.42. The Kier molecular flexibility index (Phi) is 8.64. The Labute approximate surface area is 204 Å². The van der Waals surface area contributed by atoms with E-state index in [2.05, 4.69) is 17.6 Å². The van der Waals surface area contributed by atoms with Crippen molar-refractivity contribution in [2.45, 2.75) is 58.8 Å². The lowest BCUT2D eigenvalue weighted by Crippen LogP contribution is -2.46. The van der Waals surface area contributed by atoms with Gasteiger partial charge in [-0.3, -0.25) is 0 Å². The predicted molar refractivity (Wildman–Crippen MR) is 129 cm³/mol. The number of nitrogens with one attached hydrogen (secondary N) is 2. The average Bonchev–Trinajstić information content (AvgIpc) is 2.76. The molecule has 0 radical (unpaired) electrons. The number of carbonyl (C=O) groups is 2. The Balaban J connectivity index is 1.98. The minimum Gasteiger partial charge on any atom is -0.488 e. The van der Waals surface area contributed by atoms with Gasteiger partial charge in [-0.15, -0.1) is 0 Å². The van der Waals surface area contributed by atoms with Crippen molar-refractivity contribution in [2.24, 2.45) is 0 Å². The quantitative estimate of drug-likeness (QED) is 0.403. The highest BCUT2D eigenvalue weighted by molar-refractivity contribution is 6.35. The Hall–Kier alpha value is -2.70. The molecule has 2 aromatic carbocycles. The molecule has 0 fully saturated rings. The van der Waals surface area contributed by atoms with Crippen molar-refractivity contribution < 1.29 is 19.1 Å². The molecule has 0 saturated heterocycles. The van der Waals surface area contributed by atoms with E-state index in [-0.39, 0.29) is 18.7 Å². The van der Waals surface area contributed by atoms with E-state index in [0.29, 0.717) is 39.0 Å². The monoisotopic (exact) mass is 490 g/mol. The number of halogens is 2. The minimum atomic E-state index is -0.714. The van der Waals surface area contributed by atoms with Crippen molar-refractivity contribution >= 4 is 35.2 Å². The Morgan fingerprint density at radius 2 is 1.91 bits per heavy atom. The van der Waals surface area contributed by atoms with Crippen LogP contribution < -0.4 is 15.4 Å². The summed E-state index contributed by atoms with van der Waals surface area (Å²) in [5.74, 6) is 0.0598. The summed E-state index contributed by atoms with van der Waals surface area (Å²) >= 11 is 12.3. The van der Waals surface area contributed by atoms with Crippen LogP contribution in [0.15, 0.2) is 53.7 Å². The molecule has 1 aliphatic rings. The third-order valence-corrected chi connectivity index (χ3v) is 5.71. The molecule has 1 heterocycles. The predicted octanol–water partition coefficient (Wildman–Crippen LogP) is 6.32. The van der Waals surface area contributed by atoms with Gasteiger partial charge in [0.05, 0.1) is 17.7 Å². The summed E-state index contributed by atoms with van der Waals surface area (Å²) in [4.78, 5) is 25.6. The summed E-state index contributed by atoms with van der Waals surface area (Å²) in [7, 11) is 0. The number of para-hydroxylation sites is 1. The SMILES string of the molecule is CCCCC1=C(C(=O)OC(C)C)C(c2ccccc2OCc2ccc(Cl)cc2Cl)NC(=O)N1. The molecule has 33 heavy (non-hydrogen) atoms. The molecule has 2 N–H and O–H groups in total. The maximum absolute atomic E-state index is 13.1. The van der Waals surface area contributed by atoms with Crippen molar-refractivity contribution in [3.05, 3.63) is 74.9 Å². The zero-order chi connectivity index (χ0) is 24.0. The van der Waals surface area contributed by atoms with Gasteiger partial charge in [0, 0.05) is 26.9 Å². The van der Waals surface area contributed by atoms with E-state index in [1.54, 1.807) is 38.1 Å². The molecule has 1 unspecified atom stereocenters. The Morgan fingerprint density at radius 3 is 2.61 bits per heavy atom. The van der Waals surface area contributed by atoms with Gasteiger partial charge in [-0.1, -0.05) is 60.8 Å². The van der Waals surface area contributed by atoms with Gasteiger partial charge in [0.25, 0.3) is 0 Å². The number of hydrogen-bond acceptors (Lipinski definition) is 4. The van der Waals surface area contributed by atoms with Crippen LogP contribution in [0, 0.1) is 0 Å². The second-order valence-electron chi connectivity index (χ2n) is 8.04. The first-order valence-corrected chi connectivity index (χ1v) is 11.7. The number of esters is 1. The van der Waals surface area contributed by atoms with Crippen LogP contribution in [0.5, 0.6) is 5.75 Å². The number of rotatable bonds is 9. The van der Waals surface area contributed by atoms with Gasteiger partial charge in [0.15, 0.2) is 0 Å². The van der Waals surface area contributed by atoms with Gasteiger partial charge >= 0.3 is 12.0 Å². The van der Waals surface area contributed by atoms with E-state index in [4.69, 9.17) is 32.7 Å². The summed E-state index contributed by atoms with van der Waals surface area (Å²) in [6.07, 6.45) is 2.01. The highest BCUT2D eigenvalue weighted by atomic mass is 35.5. The summed E-state index contributed by atoms with van der Waals surface area (Å²) in [5, 5.41) is 6.71. The number of ether oxygens (including phenoxy) is 2. The topological polar surface area (TPSA) is 76.7 Å². The Bertz CT molecular complexity index is 1050. The smallest absolute Gasteiger partial charge is 0.338 e. The molecule has 0 bridgehead atoms. The van der Waals surface area contributed by atoms with Crippen molar-refractivity contribution in [1.82, 2.24) is 10.6 Å². The van der Waals surface area contributed by atoms with Crippen LogP contribution in [-0.2, 0) is 16.1 Å². The second-order valence-corrected chi connectivity index (χ2v) is 8.89. The first kappa shape index (κ1) is 24.9. The van der Waals surface area contributed by atoms with Crippen LogP contribution >= 0.6 is 23.2 Å². The number of unbranched alkanes of at least 4 members (excludes halogenated alkanes) is 1. The van der Waals surface area contributed by atoms with E-state index in [9.17, 15) is 9.59 Å². The van der Waals surface area contributed by atoms with Crippen molar-refractivity contribution in [1.29, 1.82) is 0 Å². The maximum Gasteiger partial charge on any atom is 0.338 e. The number of amides is 2. The third-order valence-electron chi connectivity index (χ3n) is 5.12. The standard InChI is InChI=1S/C25H28Cl2N2O4/c1-4-5-9-20-22(24(30)33-15(2)3)23(29-25(31)28-20)18-8-6-7-10-21(18)32-14-16-11-12-17(26)13-19(16)27/h6-8,10-13,15,23H,4-5,9,14H2,1-3H3,(H2,28,29,31). The highest BCUT2D eigenvalue weighted by Gasteiger charge is 2.35. The molecule has 176 valence electrons. The molecule has 0 saturated carbocycles. The van der Waals surface area contributed by atoms with Crippen LogP contribution in [-0.4, -0.2) is 18.1 Å². The van der Waals surface area contributed by atoms with Crippen molar-refractivity contribution in [3.63, 3.8) is 0 Å². The summed E-state index contributed by atoms with van der Waals surface area (Å²) in [6.45, 7) is 5.84. The number of hydrogen-bond donors (Lipinski definition) is 2. The molecule has 0 spiro atoms. The molecule has 3 rings (SSSR count). The van der Waals surface area contributed by atoms with Crippen LogP contribution in [0.2, 0.25) is 10.0 Å². The lowest BCUT2D eigenvalue weighted by atomic mass is 9.93. The lowest BCUT2D eigenvalue weighted by Gasteiger charge is -2.31. The van der Waals surface area contributed by atoms with E-state index in [0.717, 1.165) is 18.4 Å². The molecular formula is C25H28Cl2N2O4. The highest BCUT2D eigenvalue weighted by Crippen LogP contribution is 2.35. The fourth-order valence-electron chi connectivity index (χ4n) is 3.57. The zero-order valence-corrected chi connectivity index (χ0v) is 20.4. The normalized spacial score (nSPS) is 15.8. The summed E-state index contributed by atoms with van der Waals surface area (Å²) in [5.41, 5.74) is 2.38. The van der Waals surface area contributed by atoms with Gasteiger partial charge in [0.2, 0.25) is 0 Å². The van der Waals surface area contributed by atoms with Crippen LogP contribution in [0.3, 0.4) is 0 Å². The van der Waals surface area contributed by atoms with Gasteiger partial charge in [-0.2, -0.15) is 0 Å². The van der Waals surface area contributed by atoms with E-state index >= 15 is 0 Å². The maximum atomic E-state index is 13.1. The van der Waals surface area contributed by atoms with Gasteiger partial charge < -0.3 is 20.1 Å². The second kappa shape index (κ2) is 11.4. The summed E-state index contributed by atoms with van der Waals surface area (Å²) < 4.78 is 11.6. The Morgan fingerprint density at radius 1 is 1.15 bits per heavy atom. The summed E-state index contributed by atoms with van der Waals surface area (Å²) in [6, 6.07) is 11.4. The molecule has 6 nitrogen and oxygen atoms in total. The molecule has 1 atom stereocenters. The number of allylic oxidation sites excluding steroid dienone is 1. The molecular weight excluding hydrogens is 463 g/mol. The molecule has 0 aromatic heterocycles. The van der Waals surface area contributed by atoms with E-state index in [1.165, 1.54) is 0 Å². The number of carbonyl (C=O) groups excluding carboxylic acids is 2. The molecule has 1 aliphatic heterocycles. The van der Waals surface area contributed by atoms with Crippen molar-refractivity contribution in [3.8, 4) is 5.75 Å². The largest absolute Gasteiger partial charge is 0.488 e. The fraction of sp³-hybridized carbons (Fsp3) is 0.360. The number of urea groups is 1. The van der Waals surface area contributed by atoms with Crippen molar-refractivity contribution in [2.75, 3.05) is 0 Å². The van der Waals surface area contributed by atoms with E-state index < -0.39 is 12.0 Å². The molecule has 8 heteroatoms. The van der Waals surface area contributed by atoms with Gasteiger partial charge in [0.1, 0.15) is 12.4 Å².